The zero-order valence-corrected chi connectivity index (χ0v) is 14.3. The van der Waals surface area contributed by atoms with E-state index in [0.717, 1.165) is 17.4 Å². The molecular formula is C16H21BrN2S. The molecule has 2 rings (SSSR count). The maximum Gasteiger partial charge on any atom is 0.0507 e. The van der Waals surface area contributed by atoms with Crippen LogP contribution in [-0.2, 0) is 6.54 Å². The summed E-state index contributed by atoms with van der Waals surface area (Å²) in [5.74, 6) is 0. The van der Waals surface area contributed by atoms with Crippen molar-refractivity contribution in [3.05, 3.63) is 56.7 Å². The Morgan fingerprint density at radius 2 is 1.95 bits per heavy atom. The maximum absolute atomic E-state index is 6.34. The van der Waals surface area contributed by atoms with Crippen molar-refractivity contribution in [2.45, 2.75) is 32.0 Å². The van der Waals surface area contributed by atoms with Crippen LogP contribution < -0.4 is 5.73 Å². The molecule has 1 aromatic heterocycles. The molecule has 1 aromatic carbocycles. The van der Waals surface area contributed by atoms with Crippen LogP contribution in [0.4, 0.5) is 0 Å². The van der Waals surface area contributed by atoms with Crippen LogP contribution in [-0.4, -0.2) is 18.0 Å². The summed E-state index contributed by atoms with van der Waals surface area (Å²) in [5, 5.41) is 4.33. The normalized spacial score (nSPS) is 14.4. The predicted molar refractivity (Wildman–Crippen MR) is 90.9 cm³/mol. The van der Waals surface area contributed by atoms with Gasteiger partial charge in [0.2, 0.25) is 0 Å². The van der Waals surface area contributed by atoms with Crippen LogP contribution >= 0.6 is 27.3 Å². The molecule has 108 valence electrons. The van der Waals surface area contributed by atoms with Gasteiger partial charge in [-0.2, -0.15) is 11.3 Å². The molecule has 0 aliphatic heterocycles. The van der Waals surface area contributed by atoms with Crippen LogP contribution in [0.1, 0.15) is 30.5 Å². The molecule has 0 fully saturated rings. The minimum Gasteiger partial charge on any atom is -0.326 e. The molecule has 2 atom stereocenters. The number of hydrogen-bond donors (Lipinski definition) is 1. The second-order valence-corrected chi connectivity index (χ2v) is 6.81. The minimum absolute atomic E-state index is 0.157. The molecule has 1 heterocycles. The van der Waals surface area contributed by atoms with Crippen molar-refractivity contribution < 1.29 is 0 Å². The number of nitrogens with zero attached hydrogens (tertiary/aromatic N) is 1. The summed E-state index contributed by atoms with van der Waals surface area (Å²) in [7, 11) is 2.15. The van der Waals surface area contributed by atoms with E-state index in [4.69, 9.17) is 5.73 Å². The van der Waals surface area contributed by atoms with Crippen molar-refractivity contribution >= 4 is 27.3 Å². The van der Waals surface area contributed by atoms with E-state index in [1.807, 2.05) is 0 Å². The van der Waals surface area contributed by atoms with E-state index in [2.05, 4.69) is 75.9 Å². The number of halogens is 1. The van der Waals surface area contributed by atoms with Gasteiger partial charge in [0.25, 0.3) is 0 Å². The van der Waals surface area contributed by atoms with Crippen LogP contribution in [0.3, 0.4) is 0 Å². The number of thiophene rings is 1. The number of nitrogens with two attached hydrogens (primary N) is 1. The van der Waals surface area contributed by atoms with E-state index in [0.29, 0.717) is 0 Å². The lowest BCUT2D eigenvalue weighted by Gasteiger charge is -2.32. The Morgan fingerprint density at radius 1 is 1.25 bits per heavy atom. The monoisotopic (exact) mass is 352 g/mol. The van der Waals surface area contributed by atoms with Crippen molar-refractivity contribution in [3.63, 3.8) is 0 Å². The zero-order chi connectivity index (χ0) is 14.5. The molecule has 0 saturated heterocycles. The van der Waals surface area contributed by atoms with E-state index < -0.39 is 0 Å². The molecule has 0 spiro atoms. The third-order valence-corrected chi connectivity index (χ3v) is 4.81. The Hall–Kier alpha value is -0.680. The predicted octanol–water partition coefficient (Wildman–Crippen LogP) is 4.42. The zero-order valence-electron chi connectivity index (χ0n) is 11.9. The average molecular weight is 353 g/mol. The first-order chi connectivity index (χ1) is 9.61. The highest BCUT2D eigenvalue weighted by Crippen LogP contribution is 2.27. The Kier molecular flexibility index (Phi) is 5.78. The highest BCUT2D eigenvalue weighted by atomic mass is 79.9. The summed E-state index contributed by atoms with van der Waals surface area (Å²) in [6.07, 6.45) is 0.977. The quantitative estimate of drug-likeness (QED) is 0.833. The highest BCUT2D eigenvalue weighted by Gasteiger charge is 2.23. The number of benzene rings is 1. The number of hydrogen-bond acceptors (Lipinski definition) is 3. The van der Waals surface area contributed by atoms with E-state index in [9.17, 15) is 0 Å². The summed E-state index contributed by atoms with van der Waals surface area (Å²) in [6.45, 7) is 3.05. The van der Waals surface area contributed by atoms with Gasteiger partial charge in [0.1, 0.15) is 0 Å². The van der Waals surface area contributed by atoms with E-state index >= 15 is 0 Å². The number of likely N-dealkylation sites (N-methyl/N-ethyl adjacent to an activating group) is 1. The van der Waals surface area contributed by atoms with Crippen molar-refractivity contribution in [1.82, 2.24) is 4.90 Å². The lowest BCUT2D eigenvalue weighted by atomic mass is 9.98. The molecule has 0 amide bonds. The largest absolute Gasteiger partial charge is 0.326 e. The third kappa shape index (κ3) is 3.92. The van der Waals surface area contributed by atoms with Crippen LogP contribution in [0.2, 0.25) is 0 Å². The Balaban J connectivity index is 2.14. The minimum atomic E-state index is 0.157. The van der Waals surface area contributed by atoms with Crippen molar-refractivity contribution in [3.8, 4) is 0 Å². The summed E-state index contributed by atoms with van der Waals surface area (Å²) in [5.41, 5.74) is 8.97. The van der Waals surface area contributed by atoms with Gasteiger partial charge in [-0.15, -0.1) is 0 Å². The first-order valence-electron chi connectivity index (χ1n) is 6.84. The van der Waals surface area contributed by atoms with Crippen LogP contribution in [0, 0.1) is 0 Å². The Labute approximate surface area is 133 Å². The second kappa shape index (κ2) is 7.36. The van der Waals surface area contributed by atoms with Gasteiger partial charge in [-0.3, -0.25) is 4.90 Å². The summed E-state index contributed by atoms with van der Waals surface area (Å²) >= 11 is 5.21. The smallest absolute Gasteiger partial charge is 0.0507 e. The van der Waals surface area contributed by atoms with E-state index in [1.165, 1.54) is 11.1 Å². The van der Waals surface area contributed by atoms with Gasteiger partial charge in [0.05, 0.1) is 6.04 Å². The summed E-state index contributed by atoms with van der Waals surface area (Å²) in [4.78, 5) is 2.35. The molecule has 0 aliphatic rings. The van der Waals surface area contributed by atoms with Gasteiger partial charge in [-0.25, -0.2) is 0 Å². The SMILES string of the molecule is CCC(N)C(c1ccsc1)N(C)Cc1ccc(Br)cc1. The average Bonchev–Trinajstić information content (AvgIpc) is 2.95. The van der Waals surface area contributed by atoms with Crippen LogP contribution in [0.5, 0.6) is 0 Å². The van der Waals surface area contributed by atoms with Crippen LogP contribution in [0.15, 0.2) is 45.6 Å². The second-order valence-electron chi connectivity index (χ2n) is 5.12. The molecular weight excluding hydrogens is 332 g/mol. The van der Waals surface area contributed by atoms with Gasteiger partial charge < -0.3 is 5.73 Å². The first kappa shape index (κ1) is 15.7. The molecule has 0 radical (unpaired) electrons. The fourth-order valence-electron chi connectivity index (χ4n) is 2.47. The van der Waals surface area contributed by atoms with E-state index in [1.54, 1.807) is 11.3 Å². The Bertz CT molecular complexity index is 510. The third-order valence-electron chi connectivity index (χ3n) is 3.58. The lowest BCUT2D eigenvalue weighted by molar-refractivity contribution is 0.202. The first-order valence-corrected chi connectivity index (χ1v) is 8.57. The summed E-state index contributed by atoms with van der Waals surface area (Å²) in [6, 6.07) is 11.1. The molecule has 0 aliphatic carbocycles. The highest BCUT2D eigenvalue weighted by molar-refractivity contribution is 9.10. The molecule has 2 unspecified atom stereocenters. The molecule has 2 nitrogen and oxygen atoms in total. The molecule has 2 aromatic rings. The van der Waals surface area contributed by atoms with Crippen molar-refractivity contribution in [2.24, 2.45) is 5.73 Å². The van der Waals surface area contributed by atoms with Crippen molar-refractivity contribution in [1.29, 1.82) is 0 Å². The van der Waals surface area contributed by atoms with Gasteiger partial charge in [-0.05, 0) is 53.6 Å². The Morgan fingerprint density at radius 3 is 2.50 bits per heavy atom. The number of rotatable bonds is 6. The fraction of sp³-hybridized carbons (Fsp3) is 0.375. The van der Waals surface area contributed by atoms with Gasteiger partial charge in [-0.1, -0.05) is 35.0 Å². The lowest BCUT2D eigenvalue weighted by Crippen LogP contribution is -2.38. The van der Waals surface area contributed by atoms with E-state index in [-0.39, 0.29) is 12.1 Å². The molecule has 0 bridgehead atoms. The molecule has 20 heavy (non-hydrogen) atoms. The fourth-order valence-corrected chi connectivity index (χ4v) is 3.42. The molecule has 2 N–H and O–H groups in total. The molecule has 0 saturated carbocycles. The maximum atomic E-state index is 6.34. The van der Waals surface area contributed by atoms with Crippen molar-refractivity contribution in [2.75, 3.05) is 7.05 Å². The van der Waals surface area contributed by atoms with Gasteiger partial charge in [0.15, 0.2) is 0 Å². The van der Waals surface area contributed by atoms with Gasteiger partial charge >= 0.3 is 0 Å². The van der Waals surface area contributed by atoms with Crippen LogP contribution in [0.25, 0.3) is 0 Å². The van der Waals surface area contributed by atoms with Gasteiger partial charge in [0, 0.05) is 17.1 Å². The topological polar surface area (TPSA) is 29.3 Å². The molecule has 4 heteroatoms. The summed E-state index contributed by atoms with van der Waals surface area (Å²) < 4.78 is 1.11. The standard InChI is InChI=1S/C16H21BrN2S/c1-3-15(18)16(13-8-9-20-11-13)19(2)10-12-4-6-14(17)7-5-12/h4-9,11,15-16H,3,10,18H2,1-2H3.